The monoisotopic (exact) mass is 426 g/mol. The highest BCUT2D eigenvalue weighted by Crippen LogP contribution is 2.35. The molecule has 0 saturated heterocycles. The van der Waals surface area contributed by atoms with Crippen LogP contribution in [0.15, 0.2) is 35.7 Å². The first-order valence-electron chi connectivity index (χ1n) is 8.50. The van der Waals surface area contributed by atoms with E-state index in [-0.39, 0.29) is 18.6 Å². The van der Waals surface area contributed by atoms with E-state index in [9.17, 15) is 18.3 Å². The molecular weight excluding hydrogens is 411 g/mol. The smallest absolute Gasteiger partial charge is 0.194 e. The van der Waals surface area contributed by atoms with Crippen LogP contribution in [0.1, 0.15) is 18.2 Å². The Kier molecular flexibility index (Phi) is 6.59. The molecule has 0 aliphatic heterocycles. The molecule has 3 nitrogen and oxygen atoms in total. The van der Waals surface area contributed by atoms with Crippen LogP contribution in [0, 0.1) is 17.5 Å². The number of halogens is 4. The summed E-state index contributed by atoms with van der Waals surface area (Å²) in [6, 6.07) is 6.94. The molecule has 1 aromatic heterocycles. The van der Waals surface area contributed by atoms with Crippen molar-refractivity contribution in [2.75, 3.05) is 6.61 Å². The minimum absolute atomic E-state index is 0.120. The van der Waals surface area contributed by atoms with Crippen molar-refractivity contribution in [3.05, 3.63) is 69.4 Å². The molecule has 0 fully saturated rings. The van der Waals surface area contributed by atoms with Crippen molar-refractivity contribution < 1.29 is 23.0 Å². The van der Waals surface area contributed by atoms with E-state index in [1.165, 1.54) is 11.3 Å². The maximum Gasteiger partial charge on any atom is 0.194 e. The van der Waals surface area contributed by atoms with Gasteiger partial charge in [0.25, 0.3) is 0 Å². The van der Waals surface area contributed by atoms with E-state index in [1.54, 1.807) is 25.1 Å². The SMILES string of the molecule is CC([O-])Cc1csc(-c2cc(Cl)ccc2OCCc2cc(F)c(F)c(F)c2)n1. The molecule has 0 aliphatic rings. The Morgan fingerprint density at radius 3 is 2.57 bits per heavy atom. The fourth-order valence-corrected chi connectivity index (χ4v) is 3.67. The Balaban J connectivity index is 1.75. The summed E-state index contributed by atoms with van der Waals surface area (Å²) in [7, 11) is 0. The lowest BCUT2D eigenvalue weighted by molar-refractivity contribution is -0.413. The number of hydrogen-bond donors (Lipinski definition) is 0. The number of rotatable bonds is 7. The zero-order valence-electron chi connectivity index (χ0n) is 14.8. The maximum atomic E-state index is 13.3. The van der Waals surface area contributed by atoms with Crippen molar-refractivity contribution >= 4 is 22.9 Å². The van der Waals surface area contributed by atoms with E-state index in [1.807, 2.05) is 5.38 Å². The maximum absolute atomic E-state index is 13.3. The summed E-state index contributed by atoms with van der Waals surface area (Å²) in [5.74, 6) is -3.45. The summed E-state index contributed by atoms with van der Waals surface area (Å²) in [6.07, 6.45) is -0.233. The molecular formula is C20H16ClF3NO2S-. The Morgan fingerprint density at radius 2 is 1.89 bits per heavy atom. The lowest BCUT2D eigenvalue weighted by Crippen LogP contribution is -2.23. The van der Waals surface area contributed by atoms with Crippen molar-refractivity contribution in [3.63, 3.8) is 0 Å². The summed E-state index contributed by atoms with van der Waals surface area (Å²) in [5, 5.41) is 14.3. The van der Waals surface area contributed by atoms with E-state index in [0.29, 0.717) is 33.5 Å². The third kappa shape index (κ3) is 5.04. The molecule has 3 rings (SSSR count). The van der Waals surface area contributed by atoms with Crippen molar-refractivity contribution in [3.8, 4) is 16.3 Å². The highest BCUT2D eigenvalue weighted by molar-refractivity contribution is 7.13. The molecule has 1 atom stereocenters. The van der Waals surface area contributed by atoms with Crippen LogP contribution < -0.4 is 9.84 Å². The van der Waals surface area contributed by atoms with E-state index in [4.69, 9.17) is 16.3 Å². The van der Waals surface area contributed by atoms with Gasteiger partial charge in [0.05, 0.1) is 17.9 Å². The van der Waals surface area contributed by atoms with Gasteiger partial charge in [-0.1, -0.05) is 18.5 Å². The van der Waals surface area contributed by atoms with Gasteiger partial charge < -0.3 is 9.84 Å². The topological polar surface area (TPSA) is 45.2 Å². The molecule has 3 aromatic rings. The molecule has 0 radical (unpaired) electrons. The van der Waals surface area contributed by atoms with Gasteiger partial charge in [-0.2, -0.15) is 0 Å². The number of hydrogen-bond acceptors (Lipinski definition) is 4. The molecule has 0 N–H and O–H groups in total. The van der Waals surface area contributed by atoms with Crippen LogP contribution in [-0.2, 0) is 12.8 Å². The highest BCUT2D eigenvalue weighted by atomic mass is 35.5. The van der Waals surface area contributed by atoms with Gasteiger partial charge in [0.2, 0.25) is 0 Å². The van der Waals surface area contributed by atoms with E-state index < -0.39 is 23.6 Å². The number of nitrogens with zero attached hydrogens (tertiary/aromatic N) is 1. The Labute approximate surface area is 169 Å². The zero-order valence-corrected chi connectivity index (χ0v) is 16.4. The minimum Gasteiger partial charge on any atom is -0.852 e. The predicted molar refractivity (Wildman–Crippen MR) is 101 cm³/mol. The number of aromatic nitrogens is 1. The van der Waals surface area contributed by atoms with Gasteiger partial charge in [-0.3, -0.25) is 0 Å². The second kappa shape index (κ2) is 8.94. The molecule has 0 spiro atoms. The van der Waals surface area contributed by atoms with Gasteiger partial charge in [-0.05, 0) is 42.3 Å². The zero-order chi connectivity index (χ0) is 20.3. The Hall–Kier alpha value is -2.09. The third-order valence-corrected chi connectivity index (χ3v) is 5.07. The van der Waals surface area contributed by atoms with Crippen LogP contribution in [-0.4, -0.2) is 17.7 Å². The van der Waals surface area contributed by atoms with Crippen LogP contribution in [0.5, 0.6) is 5.75 Å². The third-order valence-electron chi connectivity index (χ3n) is 3.91. The largest absolute Gasteiger partial charge is 0.852 e. The first kappa shape index (κ1) is 20.6. The molecule has 0 saturated carbocycles. The molecule has 148 valence electrons. The standard InChI is InChI=1S/C20H16ClF3NO2S/c1-11(26)6-14-10-28-20(25-14)15-9-13(21)2-3-18(15)27-5-4-12-7-16(22)19(24)17(23)8-12/h2-3,7-11H,4-6H2,1H3/q-1. The van der Waals surface area contributed by atoms with Crippen LogP contribution in [0.25, 0.3) is 10.6 Å². The first-order chi connectivity index (χ1) is 13.3. The average Bonchev–Trinajstić information content (AvgIpc) is 3.08. The highest BCUT2D eigenvalue weighted by Gasteiger charge is 2.13. The van der Waals surface area contributed by atoms with Crippen molar-refractivity contribution in [1.29, 1.82) is 0 Å². The van der Waals surface area contributed by atoms with E-state index in [2.05, 4.69) is 4.98 Å². The fraction of sp³-hybridized carbons (Fsp3) is 0.250. The number of benzene rings is 2. The predicted octanol–water partition coefficient (Wildman–Crippen LogP) is 4.79. The van der Waals surface area contributed by atoms with Gasteiger partial charge in [0.1, 0.15) is 10.8 Å². The van der Waals surface area contributed by atoms with Gasteiger partial charge >= 0.3 is 0 Å². The van der Waals surface area contributed by atoms with Crippen molar-refractivity contribution in [1.82, 2.24) is 4.98 Å². The van der Waals surface area contributed by atoms with Crippen LogP contribution in [0.2, 0.25) is 5.02 Å². The van der Waals surface area contributed by atoms with Gasteiger partial charge in [-0.25, -0.2) is 18.2 Å². The summed E-state index contributed by atoms with van der Waals surface area (Å²) >= 11 is 7.46. The minimum atomic E-state index is -1.49. The second-order valence-corrected chi connectivity index (χ2v) is 7.57. The summed E-state index contributed by atoms with van der Waals surface area (Å²) in [5.41, 5.74) is 1.65. The fourth-order valence-electron chi connectivity index (χ4n) is 2.65. The van der Waals surface area contributed by atoms with E-state index in [0.717, 1.165) is 12.1 Å². The molecule has 28 heavy (non-hydrogen) atoms. The van der Waals surface area contributed by atoms with Crippen molar-refractivity contribution in [2.45, 2.75) is 25.9 Å². The summed E-state index contributed by atoms with van der Waals surface area (Å²) in [4.78, 5) is 4.46. The lowest BCUT2D eigenvalue weighted by atomic mass is 10.1. The number of thiazole rings is 1. The molecule has 0 amide bonds. The number of ether oxygens (including phenoxy) is 1. The van der Waals surface area contributed by atoms with E-state index >= 15 is 0 Å². The van der Waals surface area contributed by atoms with Gasteiger partial charge in [-0.15, -0.1) is 17.4 Å². The lowest BCUT2D eigenvalue weighted by Gasteiger charge is -2.13. The summed E-state index contributed by atoms with van der Waals surface area (Å²) in [6.45, 7) is 1.70. The molecule has 1 unspecified atom stereocenters. The van der Waals surface area contributed by atoms with Gasteiger partial charge in [0.15, 0.2) is 17.5 Å². The average molecular weight is 427 g/mol. The summed E-state index contributed by atoms with van der Waals surface area (Å²) < 4.78 is 45.4. The quantitative estimate of drug-likeness (QED) is 0.510. The molecule has 8 heteroatoms. The molecule has 0 bridgehead atoms. The molecule has 0 aliphatic carbocycles. The second-order valence-electron chi connectivity index (χ2n) is 6.27. The van der Waals surface area contributed by atoms with Gasteiger partial charge in [0, 0.05) is 16.8 Å². The molecule has 1 heterocycles. The normalized spacial score (nSPS) is 12.2. The Morgan fingerprint density at radius 1 is 1.18 bits per heavy atom. The van der Waals surface area contributed by atoms with Crippen LogP contribution in [0.4, 0.5) is 13.2 Å². The van der Waals surface area contributed by atoms with Crippen LogP contribution >= 0.6 is 22.9 Å². The first-order valence-corrected chi connectivity index (χ1v) is 9.75. The van der Waals surface area contributed by atoms with Crippen LogP contribution in [0.3, 0.4) is 0 Å². The molecule has 2 aromatic carbocycles. The Bertz CT molecular complexity index is 955. The van der Waals surface area contributed by atoms with Crippen molar-refractivity contribution in [2.24, 2.45) is 0 Å².